The Kier molecular flexibility index (Phi) is 5.30. The van der Waals surface area contributed by atoms with Gasteiger partial charge >= 0.3 is 0 Å². The number of anilines is 1. The van der Waals surface area contributed by atoms with Crippen molar-refractivity contribution in [3.63, 3.8) is 0 Å². The van der Waals surface area contributed by atoms with Crippen LogP contribution in [0.15, 0.2) is 91.7 Å². The molecule has 6 rings (SSSR count). The van der Waals surface area contributed by atoms with Crippen molar-refractivity contribution in [3.8, 4) is 33.6 Å². The normalized spacial score (nSPS) is 11.3. The van der Waals surface area contributed by atoms with Gasteiger partial charge in [-0.1, -0.05) is 31.7 Å². The number of nitrogens with one attached hydrogen (secondary N) is 3. The first-order valence-corrected chi connectivity index (χ1v) is 11.7. The highest BCUT2D eigenvalue weighted by Crippen LogP contribution is 2.35. The summed E-state index contributed by atoms with van der Waals surface area (Å²) in [5.74, 6) is -0.265. The van der Waals surface area contributed by atoms with E-state index in [4.69, 9.17) is 0 Å². The molecule has 0 unspecified atom stereocenters. The first-order chi connectivity index (χ1) is 17.6. The van der Waals surface area contributed by atoms with Gasteiger partial charge in [-0.15, -0.1) is 0 Å². The minimum absolute atomic E-state index is 0.265. The number of halogens is 1. The number of hydrogen-bond acceptors (Lipinski definition) is 4. The lowest BCUT2D eigenvalue weighted by atomic mass is 10.0. The van der Waals surface area contributed by atoms with Crippen LogP contribution in [-0.2, 0) is 0 Å². The Morgan fingerprint density at radius 1 is 0.861 bits per heavy atom. The van der Waals surface area contributed by atoms with E-state index in [1.165, 1.54) is 12.1 Å². The Hall–Kier alpha value is -4.78. The van der Waals surface area contributed by atoms with Crippen molar-refractivity contribution in [3.05, 3.63) is 97.5 Å². The van der Waals surface area contributed by atoms with Crippen LogP contribution in [0.5, 0.6) is 0 Å². The molecule has 0 aliphatic heterocycles. The number of benzene rings is 2. The van der Waals surface area contributed by atoms with Crippen LogP contribution in [0.25, 0.3) is 55.4 Å². The summed E-state index contributed by atoms with van der Waals surface area (Å²) in [7, 11) is 0. The van der Waals surface area contributed by atoms with Gasteiger partial charge in [0, 0.05) is 40.0 Å². The van der Waals surface area contributed by atoms with E-state index < -0.39 is 0 Å². The SMILES string of the molecule is C=C(CC)Nc1cncc(-c2ccc3[nH]nc(-c4cc5c(-c6ccc(F)cc6)cncc5[nH]4)c3c2)c1. The fourth-order valence-corrected chi connectivity index (χ4v) is 4.40. The Labute approximate surface area is 206 Å². The van der Waals surface area contributed by atoms with Gasteiger partial charge in [0.1, 0.15) is 11.5 Å². The highest BCUT2D eigenvalue weighted by molar-refractivity contribution is 6.01. The number of nitrogens with zero attached hydrogens (tertiary/aromatic N) is 3. The first kappa shape index (κ1) is 21.7. The average Bonchev–Trinajstić information content (AvgIpc) is 3.53. The minimum atomic E-state index is -0.265. The molecule has 0 amide bonds. The molecule has 6 aromatic rings. The Morgan fingerprint density at radius 3 is 2.50 bits per heavy atom. The Bertz CT molecular complexity index is 1730. The quantitative estimate of drug-likeness (QED) is 0.236. The van der Waals surface area contributed by atoms with Crippen LogP contribution in [0, 0.1) is 5.82 Å². The number of fused-ring (bicyclic) bond motifs is 2. The predicted octanol–water partition coefficient (Wildman–Crippen LogP) is 7.31. The molecule has 0 aliphatic rings. The zero-order chi connectivity index (χ0) is 24.6. The lowest BCUT2D eigenvalue weighted by Gasteiger charge is -2.09. The van der Waals surface area contributed by atoms with Crippen molar-refractivity contribution in [1.82, 2.24) is 25.1 Å². The number of H-pyrrole nitrogens is 2. The third-order valence-electron chi connectivity index (χ3n) is 6.34. The lowest BCUT2D eigenvalue weighted by molar-refractivity contribution is 0.628. The molecule has 6 nitrogen and oxygen atoms in total. The van der Waals surface area contributed by atoms with Crippen molar-refractivity contribution < 1.29 is 4.39 Å². The molecule has 3 N–H and O–H groups in total. The van der Waals surface area contributed by atoms with Crippen molar-refractivity contribution in [2.45, 2.75) is 13.3 Å². The van der Waals surface area contributed by atoms with E-state index in [9.17, 15) is 4.39 Å². The average molecular weight is 475 g/mol. The molecule has 4 heterocycles. The predicted molar refractivity (Wildman–Crippen MR) is 143 cm³/mol. The van der Waals surface area contributed by atoms with Gasteiger partial charge in [-0.25, -0.2) is 4.39 Å². The topological polar surface area (TPSA) is 82.3 Å². The molecule has 176 valence electrons. The molecular formula is C29H23FN6. The highest BCUT2D eigenvalue weighted by atomic mass is 19.1. The zero-order valence-corrected chi connectivity index (χ0v) is 19.6. The summed E-state index contributed by atoms with van der Waals surface area (Å²) >= 11 is 0. The van der Waals surface area contributed by atoms with Crippen LogP contribution in [-0.4, -0.2) is 25.1 Å². The Balaban J connectivity index is 1.42. The van der Waals surface area contributed by atoms with Crippen molar-refractivity contribution in [1.29, 1.82) is 0 Å². The van der Waals surface area contributed by atoms with E-state index >= 15 is 0 Å². The molecule has 0 radical (unpaired) electrons. The van der Waals surface area contributed by atoms with E-state index in [1.54, 1.807) is 30.7 Å². The van der Waals surface area contributed by atoms with E-state index in [0.717, 1.165) is 73.3 Å². The van der Waals surface area contributed by atoms with Gasteiger partial charge in [-0.3, -0.25) is 15.1 Å². The molecular weight excluding hydrogens is 451 g/mol. The third kappa shape index (κ3) is 3.90. The number of hydrogen-bond donors (Lipinski definition) is 3. The third-order valence-corrected chi connectivity index (χ3v) is 6.34. The van der Waals surface area contributed by atoms with Crippen molar-refractivity contribution >= 4 is 27.5 Å². The number of aromatic amines is 2. The number of pyridine rings is 2. The van der Waals surface area contributed by atoms with Gasteiger partial charge in [0.05, 0.1) is 34.8 Å². The molecule has 4 aromatic heterocycles. The van der Waals surface area contributed by atoms with Gasteiger partial charge in [0.25, 0.3) is 0 Å². The van der Waals surface area contributed by atoms with Gasteiger partial charge < -0.3 is 10.3 Å². The van der Waals surface area contributed by atoms with Crippen LogP contribution in [0.4, 0.5) is 10.1 Å². The molecule has 36 heavy (non-hydrogen) atoms. The van der Waals surface area contributed by atoms with E-state index in [-0.39, 0.29) is 5.82 Å². The van der Waals surface area contributed by atoms with Crippen LogP contribution < -0.4 is 5.32 Å². The van der Waals surface area contributed by atoms with Gasteiger partial charge in [0.2, 0.25) is 0 Å². The largest absolute Gasteiger partial charge is 0.358 e. The second-order valence-electron chi connectivity index (χ2n) is 8.72. The standard InChI is InChI=1S/C29H23FN6/c1-3-17(2)33-22-10-20(13-31-14-22)19-6-9-26-24(11-19)29(36-35-26)27-12-23-25(15-32-16-28(23)34-27)18-4-7-21(30)8-5-18/h4-16,33-34H,2-3H2,1H3,(H,35,36). The summed E-state index contributed by atoms with van der Waals surface area (Å²) in [6.45, 7) is 6.08. The molecule has 0 bridgehead atoms. The lowest BCUT2D eigenvalue weighted by Crippen LogP contribution is -1.97. The van der Waals surface area contributed by atoms with Crippen molar-refractivity contribution in [2.75, 3.05) is 5.32 Å². The number of allylic oxidation sites excluding steroid dienone is 1. The molecule has 0 spiro atoms. The van der Waals surface area contributed by atoms with E-state index in [1.807, 2.05) is 12.3 Å². The highest BCUT2D eigenvalue weighted by Gasteiger charge is 2.15. The smallest absolute Gasteiger partial charge is 0.123 e. The minimum Gasteiger partial charge on any atom is -0.358 e. The monoisotopic (exact) mass is 474 g/mol. The summed E-state index contributed by atoms with van der Waals surface area (Å²) in [6, 6.07) is 16.8. The van der Waals surface area contributed by atoms with Gasteiger partial charge in [-0.05, 0) is 53.9 Å². The molecule has 0 saturated heterocycles. The molecule has 0 fully saturated rings. The second kappa shape index (κ2) is 8.78. The maximum absolute atomic E-state index is 13.5. The van der Waals surface area contributed by atoms with Crippen LogP contribution in [0.1, 0.15) is 13.3 Å². The Morgan fingerprint density at radius 2 is 1.67 bits per heavy atom. The molecule has 0 aliphatic carbocycles. The number of aromatic nitrogens is 5. The fourth-order valence-electron chi connectivity index (χ4n) is 4.40. The van der Waals surface area contributed by atoms with E-state index in [2.05, 4.69) is 68.2 Å². The molecule has 0 atom stereocenters. The maximum Gasteiger partial charge on any atom is 0.123 e. The van der Waals surface area contributed by atoms with Gasteiger partial charge in [-0.2, -0.15) is 5.10 Å². The molecule has 7 heteroatoms. The zero-order valence-electron chi connectivity index (χ0n) is 19.6. The molecule has 0 saturated carbocycles. The summed E-state index contributed by atoms with van der Waals surface area (Å²) in [5.41, 5.74) is 9.22. The summed E-state index contributed by atoms with van der Waals surface area (Å²) in [6.07, 6.45) is 8.08. The second-order valence-corrected chi connectivity index (χ2v) is 8.72. The van der Waals surface area contributed by atoms with E-state index in [0.29, 0.717) is 0 Å². The molecule has 2 aromatic carbocycles. The van der Waals surface area contributed by atoms with Crippen LogP contribution >= 0.6 is 0 Å². The summed E-state index contributed by atoms with van der Waals surface area (Å²) < 4.78 is 13.5. The van der Waals surface area contributed by atoms with Gasteiger partial charge in [0.15, 0.2) is 0 Å². The van der Waals surface area contributed by atoms with Crippen LogP contribution in [0.2, 0.25) is 0 Å². The fraction of sp³-hybridized carbons (Fsp3) is 0.0690. The first-order valence-electron chi connectivity index (χ1n) is 11.7. The van der Waals surface area contributed by atoms with Crippen molar-refractivity contribution in [2.24, 2.45) is 0 Å². The summed E-state index contributed by atoms with van der Waals surface area (Å²) in [4.78, 5) is 12.2. The number of rotatable bonds is 6. The maximum atomic E-state index is 13.5. The van der Waals surface area contributed by atoms with Crippen LogP contribution in [0.3, 0.4) is 0 Å². The summed E-state index contributed by atoms with van der Waals surface area (Å²) in [5, 5.41) is 13.0.